The van der Waals surface area contributed by atoms with Crippen LogP contribution in [0.4, 0.5) is 49.1 Å². The maximum Gasteiger partial charge on any atom is 0.418 e. The van der Waals surface area contributed by atoms with Crippen LogP contribution in [0.2, 0.25) is 0 Å². The van der Waals surface area contributed by atoms with Crippen molar-refractivity contribution in [1.82, 2.24) is 20.6 Å². The molecule has 10 aromatic rings. The van der Waals surface area contributed by atoms with Gasteiger partial charge >= 0.3 is 12.4 Å². The summed E-state index contributed by atoms with van der Waals surface area (Å²) in [5, 5.41) is 13.1. The number of anilines is 4. The lowest BCUT2D eigenvalue weighted by atomic mass is 10.0. The Balaban J connectivity index is 0.632. The maximum atomic E-state index is 13.8. The van der Waals surface area contributed by atoms with E-state index in [0.29, 0.717) is 59.4 Å². The fourth-order valence-electron chi connectivity index (χ4n) is 10.6. The largest absolute Gasteiger partial charge is 0.418 e. The zero-order valence-corrected chi connectivity index (χ0v) is 46.5. The first-order valence-electron chi connectivity index (χ1n) is 28.1. The smallest absolute Gasteiger partial charge is 0.398 e. The summed E-state index contributed by atoms with van der Waals surface area (Å²) < 4.78 is 86.7. The van der Waals surface area contributed by atoms with E-state index in [9.17, 15) is 35.9 Å². The Bertz CT molecular complexity index is 3770. The molecule has 0 aliphatic rings. The molecule has 0 fully saturated rings. The molecule has 12 nitrogen and oxygen atoms in total. The van der Waals surface area contributed by atoms with Crippen LogP contribution in [-0.2, 0) is 12.4 Å². The fourth-order valence-corrected chi connectivity index (χ4v) is 10.6. The van der Waals surface area contributed by atoms with Crippen molar-refractivity contribution in [3.63, 3.8) is 0 Å². The summed E-state index contributed by atoms with van der Waals surface area (Å²) in [7, 11) is 0. The highest BCUT2D eigenvalue weighted by Gasteiger charge is 2.36. The second kappa shape index (κ2) is 25.0. The van der Waals surface area contributed by atoms with Gasteiger partial charge in [-0.1, -0.05) is 86.3 Å². The molecular weight excluding hydrogens is 1080 g/mol. The molecule has 0 unspecified atom stereocenters. The van der Waals surface area contributed by atoms with E-state index in [-0.39, 0.29) is 34.2 Å². The molecule has 8 aromatic carbocycles. The van der Waals surface area contributed by atoms with Crippen molar-refractivity contribution in [3.8, 4) is 22.5 Å². The molecule has 0 saturated carbocycles. The van der Waals surface area contributed by atoms with E-state index in [4.69, 9.17) is 11.5 Å². The Hall–Kier alpha value is -9.32. The van der Waals surface area contributed by atoms with Gasteiger partial charge < -0.3 is 32.7 Å². The van der Waals surface area contributed by atoms with Crippen molar-refractivity contribution < 1.29 is 45.1 Å². The van der Waals surface area contributed by atoms with Crippen molar-refractivity contribution in [1.29, 1.82) is 0 Å². The van der Waals surface area contributed by atoms with Gasteiger partial charge in [0.05, 0.1) is 22.5 Å². The van der Waals surface area contributed by atoms with Crippen molar-refractivity contribution >= 4 is 78.7 Å². The average molecular weight is 1140 g/mol. The van der Waals surface area contributed by atoms with E-state index in [0.717, 1.165) is 120 Å². The number of hydrogen-bond donors (Lipinski definition) is 6. The summed E-state index contributed by atoms with van der Waals surface area (Å²) in [6.45, 7) is 6.37. The lowest BCUT2D eigenvalue weighted by Crippen LogP contribution is -2.33. The number of nitrogens with zero attached hydrogens (tertiary/aromatic N) is 4. The fraction of sp³-hybridized carbons (Fsp3) is 0.242. The van der Waals surface area contributed by atoms with E-state index in [1.165, 1.54) is 12.1 Å². The standard InChI is InChI=1S/C66H62F6N10O2/c1-41-33-55-61(81(47-17-9-7-10-18-47)59-37-51(73)49(65(67,68)69)35-57(59)79-55)39-53(41)75-29-13-3-5-15-31-77-63(83)45-25-21-43(22-26-45)44-23-27-46(28-24-44)64(84)78-32-16-6-4-14-30-76-54-40-62-56(34-42(54)2)80-58-36-50(66(70,71)72)52(74)38-60(58)82(62)48-19-11-8-12-20-48/h7-12,17-28,33-40H,3-6,13-16,29-32H2,1-2H3,(H6,73,74,75,76,77,78,83,84)/p+2. The van der Waals surface area contributed by atoms with Crippen molar-refractivity contribution in [3.05, 3.63) is 191 Å². The highest BCUT2D eigenvalue weighted by molar-refractivity contribution is 5.96. The van der Waals surface area contributed by atoms with Crippen LogP contribution in [0.25, 0.3) is 66.6 Å². The number of carbonyl (C=O) groups is 2. The number of benzene rings is 8. The molecule has 84 heavy (non-hydrogen) atoms. The third kappa shape index (κ3) is 13.1. The highest BCUT2D eigenvalue weighted by atomic mass is 19.4. The Morgan fingerprint density at radius 2 is 0.762 bits per heavy atom. The predicted octanol–water partition coefficient (Wildman–Crippen LogP) is 13.9. The third-order valence-electron chi connectivity index (χ3n) is 15.1. The minimum atomic E-state index is -4.61. The quantitative estimate of drug-likeness (QED) is 0.0136. The minimum Gasteiger partial charge on any atom is -0.398 e. The molecule has 0 aliphatic heterocycles. The summed E-state index contributed by atoms with van der Waals surface area (Å²) in [4.78, 5) is 35.3. The molecule has 2 aromatic heterocycles. The van der Waals surface area contributed by atoms with Gasteiger partial charge in [-0.25, -0.2) is 9.97 Å². The molecule has 0 atom stereocenters. The summed E-state index contributed by atoms with van der Waals surface area (Å²) >= 11 is 0. The predicted molar refractivity (Wildman–Crippen MR) is 320 cm³/mol. The monoisotopic (exact) mass is 1140 g/mol. The minimum absolute atomic E-state index is 0.149. The number of nitrogens with two attached hydrogens (primary N) is 2. The number of rotatable bonds is 21. The van der Waals surface area contributed by atoms with Gasteiger partial charge in [-0.3, -0.25) is 9.59 Å². The number of aromatic nitrogens is 4. The van der Waals surface area contributed by atoms with Crippen LogP contribution in [0, 0.1) is 13.8 Å². The van der Waals surface area contributed by atoms with Gasteiger partial charge in [-0.05, 0) is 110 Å². The number of amides is 2. The maximum absolute atomic E-state index is 13.8. The zero-order chi connectivity index (χ0) is 59.1. The molecule has 8 N–H and O–H groups in total. The Kier molecular flexibility index (Phi) is 17.3. The van der Waals surface area contributed by atoms with E-state index < -0.39 is 23.5 Å². The van der Waals surface area contributed by atoms with Crippen LogP contribution in [0.5, 0.6) is 0 Å². The molecule has 0 bridgehead atoms. The van der Waals surface area contributed by atoms with Crippen molar-refractivity contribution in [2.45, 2.75) is 77.6 Å². The summed E-state index contributed by atoms with van der Waals surface area (Å²) in [5.41, 5.74) is 21.3. The van der Waals surface area contributed by atoms with Crippen LogP contribution in [0.15, 0.2) is 158 Å². The number of nitrogens with one attached hydrogen (secondary N) is 4. The lowest BCUT2D eigenvalue weighted by molar-refractivity contribution is -0.538. The van der Waals surface area contributed by atoms with Crippen LogP contribution in [-0.4, -0.2) is 48.0 Å². The Labute approximate surface area is 482 Å². The van der Waals surface area contributed by atoms with Gasteiger partial charge in [0, 0.05) is 97.2 Å². The number of carbonyl (C=O) groups excluding carboxylic acids is 2. The summed E-state index contributed by atoms with van der Waals surface area (Å²) in [5.74, 6) is -0.298. The van der Waals surface area contributed by atoms with Gasteiger partial charge in [-0.15, -0.1) is 9.13 Å². The summed E-state index contributed by atoms with van der Waals surface area (Å²) in [6, 6.07) is 46.0. The van der Waals surface area contributed by atoms with Crippen molar-refractivity contribution in [2.75, 3.05) is 48.3 Å². The van der Waals surface area contributed by atoms with Gasteiger partial charge in [-0.2, -0.15) is 26.3 Å². The van der Waals surface area contributed by atoms with E-state index >= 15 is 0 Å². The SMILES string of the molecule is Cc1cc2nc3cc(C(F)(F)F)c(N)cc3[n+](-c3ccccc3)c2cc1NCCCCCCNC(=O)c1ccc(-c2ccc(C(=O)NCCCCCCNc3cc4c(cc3C)nc3cc(C(F)(F)F)c(N)cc3[n+]4-c3ccccc3)cc2)cc1. The van der Waals surface area contributed by atoms with Gasteiger partial charge in [0.25, 0.3) is 11.8 Å². The molecule has 2 amide bonds. The van der Waals surface area contributed by atoms with Gasteiger partial charge in [0.2, 0.25) is 33.4 Å². The first-order chi connectivity index (χ1) is 40.4. The van der Waals surface area contributed by atoms with E-state index in [1.807, 2.05) is 132 Å². The molecule has 0 saturated heterocycles. The molecule has 0 spiro atoms. The number of aryl methyl sites for hydroxylation is 2. The van der Waals surface area contributed by atoms with Crippen LogP contribution in [0.1, 0.15) is 94.3 Å². The molecule has 10 rings (SSSR count). The number of hydrogen-bond acceptors (Lipinski definition) is 8. The van der Waals surface area contributed by atoms with Gasteiger partial charge in [0.1, 0.15) is 22.1 Å². The number of fused-ring (bicyclic) bond motifs is 4. The second-order valence-corrected chi connectivity index (χ2v) is 21.1. The number of halogens is 6. The number of para-hydroxylation sites is 2. The zero-order valence-electron chi connectivity index (χ0n) is 46.5. The number of unbranched alkanes of at least 4 members (excludes halogenated alkanes) is 6. The molecule has 18 heteroatoms. The third-order valence-corrected chi connectivity index (χ3v) is 15.1. The first-order valence-corrected chi connectivity index (χ1v) is 28.1. The van der Waals surface area contributed by atoms with Gasteiger partial charge in [0.15, 0.2) is 0 Å². The van der Waals surface area contributed by atoms with Crippen molar-refractivity contribution in [2.24, 2.45) is 0 Å². The Morgan fingerprint density at radius 1 is 0.429 bits per heavy atom. The number of alkyl halides is 6. The second-order valence-electron chi connectivity index (χ2n) is 21.1. The molecule has 430 valence electrons. The topological polar surface area (TPSA) is 168 Å². The molecular formula is C66H64F6N10O2+2. The number of nitrogen functional groups attached to an aromatic ring is 2. The van der Waals surface area contributed by atoms with Crippen LogP contribution in [0.3, 0.4) is 0 Å². The molecule has 2 heterocycles. The van der Waals surface area contributed by atoms with E-state index in [1.54, 1.807) is 24.3 Å². The first kappa shape index (κ1) is 57.9. The lowest BCUT2D eigenvalue weighted by Gasteiger charge is -2.13. The normalized spacial score (nSPS) is 11.9. The highest BCUT2D eigenvalue weighted by Crippen LogP contribution is 2.38. The summed E-state index contributed by atoms with van der Waals surface area (Å²) in [6.07, 6.45) is -2.09. The van der Waals surface area contributed by atoms with E-state index in [2.05, 4.69) is 31.2 Å². The Morgan fingerprint density at radius 3 is 1.12 bits per heavy atom. The molecule has 0 radical (unpaired) electrons. The van der Waals surface area contributed by atoms with Crippen LogP contribution < -0.4 is 41.9 Å². The van der Waals surface area contributed by atoms with Crippen LogP contribution >= 0.6 is 0 Å². The average Bonchev–Trinajstić information content (AvgIpc) is 1.60. The molecule has 0 aliphatic carbocycles.